The Hall–Kier alpha value is -2.80. The highest BCUT2D eigenvalue weighted by Gasteiger charge is 2.41. The first kappa shape index (κ1) is 19.0. The molecule has 0 atom stereocenters. The molecule has 4 nitrogen and oxygen atoms in total. The largest absolute Gasteiger partial charge is 0.497 e. The Labute approximate surface area is 157 Å². The van der Waals surface area contributed by atoms with E-state index in [1.54, 1.807) is 24.3 Å². The van der Waals surface area contributed by atoms with Crippen LogP contribution in [0, 0.1) is 0 Å². The maximum absolute atomic E-state index is 13.0. The number of ketones is 1. The second-order valence-corrected chi connectivity index (χ2v) is 6.06. The molecule has 0 spiro atoms. The van der Waals surface area contributed by atoms with E-state index < -0.39 is 17.5 Å². The summed E-state index contributed by atoms with van der Waals surface area (Å²) in [6.45, 7) is -0.0378. The smallest absolute Gasteiger partial charge is 0.455 e. The van der Waals surface area contributed by atoms with Crippen molar-refractivity contribution < 1.29 is 27.4 Å². The number of halogens is 4. The van der Waals surface area contributed by atoms with E-state index in [1.165, 1.54) is 25.3 Å². The van der Waals surface area contributed by atoms with Gasteiger partial charge >= 0.3 is 6.18 Å². The maximum Gasteiger partial charge on any atom is 0.455 e. The van der Waals surface area contributed by atoms with E-state index in [0.717, 1.165) is 6.20 Å². The molecule has 0 fully saturated rings. The van der Waals surface area contributed by atoms with Crippen LogP contribution in [0.3, 0.4) is 0 Å². The van der Waals surface area contributed by atoms with E-state index in [4.69, 9.17) is 21.1 Å². The van der Waals surface area contributed by atoms with Crippen molar-refractivity contribution in [3.05, 3.63) is 64.8 Å². The lowest BCUT2D eigenvalue weighted by atomic mass is 10.1. The van der Waals surface area contributed by atoms with Crippen LogP contribution < -0.4 is 9.47 Å². The van der Waals surface area contributed by atoms with Crippen LogP contribution in [0.2, 0.25) is 5.02 Å². The predicted molar refractivity (Wildman–Crippen MR) is 94.5 cm³/mol. The van der Waals surface area contributed by atoms with Crippen molar-refractivity contribution in [3.63, 3.8) is 0 Å². The molecular formula is C19H13ClF3NO3. The Morgan fingerprint density at radius 3 is 2.48 bits per heavy atom. The number of carbonyl (C=O) groups excluding carboxylic acids is 1. The zero-order chi connectivity index (χ0) is 19.6. The first-order valence-electron chi connectivity index (χ1n) is 7.75. The van der Waals surface area contributed by atoms with Crippen molar-refractivity contribution in [2.24, 2.45) is 0 Å². The average Bonchev–Trinajstić information content (AvgIpc) is 2.64. The van der Waals surface area contributed by atoms with E-state index in [0.29, 0.717) is 21.9 Å². The molecule has 0 aliphatic rings. The van der Waals surface area contributed by atoms with Crippen molar-refractivity contribution in [2.45, 2.75) is 12.8 Å². The number of nitrogens with zero attached hydrogens (tertiary/aromatic N) is 1. The molecule has 0 aliphatic heterocycles. The van der Waals surface area contributed by atoms with Gasteiger partial charge in [0.15, 0.2) is 0 Å². The van der Waals surface area contributed by atoms with Crippen LogP contribution in [0.5, 0.6) is 11.5 Å². The number of pyridine rings is 1. The number of hydrogen-bond acceptors (Lipinski definition) is 4. The lowest BCUT2D eigenvalue weighted by Crippen LogP contribution is -2.23. The van der Waals surface area contributed by atoms with Crippen LogP contribution in [-0.2, 0) is 6.61 Å². The lowest BCUT2D eigenvalue weighted by molar-refractivity contribution is -0.0886. The minimum Gasteiger partial charge on any atom is -0.497 e. The van der Waals surface area contributed by atoms with E-state index in [2.05, 4.69) is 4.98 Å². The van der Waals surface area contributed by atoms with Gasteiger partial charge in [0.2, 0.25) is 0 Å². The summed E-state index contributed by atoms with van der Waals surface area (Å²) in [5, 5.41) is 0.633. The number of aromatic nitrogens is 1. The van der Waals surface area contributed by atoms with Crippen molar-refractivity contribution in [1.29, 1.82) is 0 Å². The van der Waals surface area contributed by atoms with Crippen molar-refractivity contribution in [2.75, 3.05) is 7.11 Å². The fourth-order valence-corrected chi connectivity index (χ4v) is 2.65. The topological polar surface area (TPSA) is 48.4 Å². The molecule has 140 valence electrons. The van der Waals surface area contributed by atoms with E-state index in [1.807, 2.05) is 0 Å². The Balaban J connectivity index is 2.02. The molecule has 0 bridgehead atoms. The number of hydrogen-bond donors (Lipinski definition) is 0. The van der Waals surface area contributed by atoms with Gasteiger partial charge in [-0.1, -0.05) is 23.7 Å². The molecule has 1 heterocycles. The number of alkyl halides is 3. The number of rotatable bonds is 5. The highest BCUT2D eigenvalue weighted by atomic mass is 35.5. The monoisotopic (exact) mass is 395 g/mol. The fourth-order valence-electron chi connectivity index (χ4n) is 2.49. The van der Waals surface area contributed by atoms with Crippen LogP contribution in [-0.4, -0.2) is 24.1 Å². The molecular weight excluding hydrogens is 383 g/mol. The highest BCUT2D eigenvalue weighted by molar-refractivity contribution is 6.31. The molecule has 3 aromatic rings. The molecule has 27 heavy (non-hydrogen) atoms. The number of Topliss-reactive ketones (excluding diaryl/α,β-unsaturated/α-hetero) is 1. The third-order valence-electron chi connectivity index (χ3n) is 3.83. The molecule has 0 radical (unpaired) electrons. The molecule has 0 saturated heterocycles. The van der Waals surface area contributed by atoms with E-state index in [-0.39, 0.29) is 17.7 Å². The van der Waals surface area contributed by atoms with Crippen molar-refractivity contribution in [3.8, 4) is 11.5 Å². The average molecular weight is 396 g/mol. The van der Waals surface area contributed by atoms with Crippen molar-refractivity contribution in [1.82, 2.24) is 4.98 Å². The number of fused-ring (bicyclic) bond motifs is 1. The van der Waals surface area contributed by atoms with Gasteiger partial charge in [-0.25, -0.2) is 0 Å². The molecule has 1 aromatic heterocycles. The molecule has 8 heteroatoms. The molecule has 0 N–H and O–H groups in total. The SMILES string of the molecule is COc1ccc(COc2c(C(=O)C(F)(F)F)cnc3cc(Cl)ccc23)cc1. The quantitative estimate of drug-likeness (QED) is 0.556. The number of carbonyl (C=O) groups is 1. The van der Waals surface area contributed by atoms with Gasteiger partial charge in [0.05, 0.1) is 18.2 Å². The predicted octanol–water partition coefficient (Wildman–Crippen LogP) is 5.22. The molecule has 0 unspecified atom stereocenters. The van der Waals surface area contributed by atoms with Gasteiger partial charge < -0.3 is 9.47 Å². The summed E-state index contributed by atoms with van der Waals surface area (Å²) in [4.78, 5) is 15.7. The van der Waals surface area contributed by atoms with Gasteiger partial charge in [0.1, 0.15) is 18.1 Å². The summed E-state index contributed by atoms with van der Waals surface area (Å²) in [6.07, 6.45) is -4.18. The Morgan fingerprint density at radius 1 is 1.15 bits per heavy atom. The van der Waals surface area contributed by atoms with Gasteiger partial charge in [0.25, 0.3) is 5.78 Å². The summed E-state index contributed by atoms with van der Waals surface area (Å²) in [6, 6.07) is 11.3. The van der Waals surface area contributed by atoms with Gasteiger partial charge in [-0.05, 0) is 35.9 Å². The summed E-state index contributed by atoms with van der Waals surface area (Å²) in [7, 11) is 1.52. The third-order valence-corrected chi connectivity index (χ3v) is 4.06. The molecule has 2 aromatic carbocycles. The second-order valence-electron chi connectivity index (χ2n) is 5.63. The lowest BCUT2D eigenvalue weighted by Gasteiger charge is -2.15. The minimum absolute atomic E-state index is 0.0378. The minimum atomic E-state index is -5.04. The standard InChI is InChI=1S/C19H13ClF3NO3/c1-26-13-5-2-11(3-6-13)10-27-17-14-7-4-12(20)8-16(14)24-9-15(17)18(25)19(21,22)23/h2-9H,10H2,1H3. The normalized spacial score (nSPS) is 11.4. The molecule has 0 saturated carbocycles. The highest BCUT2D eigenvalue weighted by Crippen LogP contribution is 2.34. The zero-order valence-corrected chi connectivity index (χ0v) is 14.8. The molecule has 0 aliphatic carbocycles. The van der Waals surface area contributed by atoms with E-state index in [9.17, 15) is 18.0 Å². The third kappa shape index (κ3) is 4.14. The molecule has 3 rings (SSSR count). The fraction of sp³-hybridized carbons (Fsp3) is 0.158. The summed E-state index contributed by atoms with van der Waals surface area (Å²) in [5.74, 6) is -1.57. The number of benzene rings is 2. The summed E-state index contributed by atoms with van der Waals surface area (Å²) < 4.78 is 49.6. The van der Waals surface area contributed by atoms with Gasteiger partial charge in [-0.15, -0.1) is 0 Å². The Kier molecular flexibility index (Phi) is 5.23. The van der Waals surface area contributed by atoms with Gasteiger partial charge in [-0.2, -0.15) is 13.2 Å². The number of methoxy groups -OCH3 is 1. The Morgan fingerprint density at radius 2 is 1.85 bits per heavy atom. The van der Waals surface area contributed by atoms with Crippen LogP contribution in [0.25, 0.3) is 10.9 Å². The Bertz CT molecular complexity index is 988. The van der Waals surface area contributed by atoms with E-state index >= 15 is 0 Å². The van der Waals surface area contributed by atoms with Crippen molar-refractivity contribution >= 4 is 28.3 Å². The van der Waals surface area contributed by atoms with Crippen LogP contribution in [0.15, 0.2) is 48.7 Å². The zero-order valence-electron chi connectivity index (χ0n) is 14.0. The maximum atomic E-state index is 13.0. The van der Waals surface area contributed by atoms with Crippen LogP contribution >= 0.6 is 11.6 Å². The summed E-state index contributed by atoms with van der Waals surface area (Å²) >= 11 is 5.91. The van der Waals surface area contributed by atoms with Gasteiger partial charge in [0, 0.05) is 16.6 Å². The summed E-state index contributed by atoms with van der Waals surface area (Å²) in [5.41, 5.74) is 0.372. The first-order chi connectivity index (χ1) is 12.8. The van der Waals surface area contributed by atoms with Crippen LogP contribution in [0.1, 0.15) is 15.9 Å². The second kappa shape index (κ2) is 7.44. The first-order valence-corrected chi connectivity index (χ1v) is 8.13. The number of ether oxygens (including phenoxy) is 2. The molecule has 0 amide bonds. The van der Waals surface area contributed by atoms with Crippen LogP contribution in [0.4, 0.5) is 13.2 Å². The van der Waals surface area contributed by atoms with Gasteiger partial charge in [-0.3, -0.25) is 9.78 Å².